The molecule has 0 aliphatic rings. The molecule has 4 aromatic carbocycles. The molecule has 35 heavy (non-hydrogen) atoms. The normalized spacial score (nSPS) is 11.5. The van der Waals surface area contributed by atoms with Crippen molar-refractivity contribution in [1.82, 2.24) is 0 Å². The van der Waals surface area contributed by atoms with Crippen molar-refractivity contribution in [3.05, 3.63) is 155 Å². The third-order valence-corrected chi connectivity index (χ3v) is 6.16. The highest BCUT2D eigenvalue weighted by Gasteiger charge is 2.05. The van der Waals surface area contributed by atoms with Crippen LogP contribution in [0, 0.1) is 0 Å². The second-order valence-electron chi connectivity index (χ2n) is 9.10. The number of anilines is 1. The molecule has 4 rings (SSSR count). The van der Waals surface area contributed by atoms with Crippen molar-refractivity contribution in [3.8, 4) is 0 Å². The quantitative estimate of drug-likeness (QED) is 0.288. The molecule has 1 nitrogen and oxygen atoms in total. The average Bonchev–Trinajstić information content (AvgIpc) is 2.90. The van der Waals surface area contributed by atoms with Gasteiger partial charge in [0.25, 0.3) is 0 Å². The Morgan fingerprint density at radius 2 is 1.09 bits per heavy atom. The molecule has 0 bridgehead atoms. The molecule has 0 aromatic heterocycles. The maximum atomic E-state index is 2.23. The predicted molar refractivity (Wildman–Crippen MR) is 153 cm³/mol. The molecule has 0 amide bonds. The van der Waals surface area contributed by atoms with Crippen LogP contribution in [-0.4, -0.2) is 14.1 Å². The summed E-state index contributed by atoms with van der Waals surface area (Å²) in [5, 5.41) is 2.49. The van der Waals surface area contributed by atoms with E-state index in [1.165, 1.54) is 49.5 Å². The molecule has 0 saturated carbocycles. The Labute approximate surface area is 209 Å². The fraction of sp³-hybridized carbons (Fsp3) is 0.118. The Morgan fingerprint density at radius 3 is 1.63 bits per heavy atom. The largest absolute Gasteiger partial charge is 0.378 e. The number of benzene rings is 4. The van der Waals surface area contributed by atoms with Crippen LogP contribution in [0.1, 0.15) is 30.5 Å². The Balaban J connectivity index is 1.81. The minimum absolute atomic E-state index is 1.19. The molecule has 1 heteroatoms. The minimum atomic E-state index is 1.19. The van der Waals surface area contributed by atoms with Gasteiger partial charge in [-0.1, -0.05) is 121 Å². The van der Waals surface area contributed by atoms with E-state index in [0.29, 0.717) is 0 Å². The first-order valence-electron chi connectivity index (χ1n) is 12.1. The summed E-state index contributed by atoms with van der Waals surface area (Å²) in [7, 11) is 4.14. The smallest absolute Gasteiger partial charge is 0.0361 e. The first-order chi connectivity index (χ1) is 17.0. The molecule has 0 saturated heterocycles. The van der Waals surface area contributed by atoms with Crippen molar-refractivity contribution in [2.45, 2.75) is 13.8 Å². The van der Waals surface area contributed by atoms with E-state index in [1.54, 1.807) is 0 Å². The van der Waals surface area contributed by atoms with E-state index in [-0.39, 0.29) is 0 Å². The number of nitrogens with zero attached hydrogens (tertiary/aromatic N) is 1. The van der Waals surface area contributed by atoms with E-state index >= 15 is 0 Å². The van der Waals surface area contributed by atoms with Crippen molar-refractivity contribution >= 4 is 22.4 Å². The van der Waals surface area contributed by atoms with Gasteiger partial charge in [0.15, 0.2) is 0 Å². The van der Waals surface area contributed by atoms with Crippen LogP contribution in [0.2, 0.25) is 0 Å². The standard InChI is InChI=1S/C34H33N/c1-26(2)27-18-20-30(21-19-27)33(28-12-7-5-8-13-28)16-11-17-34(29-14-9-6-10-15-29)31-22-24-32(25-23-31)35(3)4/h5-25H,1-4H3/b16-11+,34-17+. The number of rotatable bonds is 6. The zero-order chi connectivity index (χ0) is 24.6. The molecule has 0 N–H and O–H groups in total. The fourth-order valence-corrected chi connectivity index (χ4v) is 4.12. The average molecular weight is 456 g/mol. The Hall–Kier alpha value is -4.10. The second kappa shape index (κ2) is 11.4. The molecule has 0 atom stereocenters. The van der Waals surface area contributed by atoms with E-state index in [4.69, 9.17) is 0 Å². The molecular weight excluding hydrogens is 422 g/mol. The molecule has 174 valence electrons. The van der Waals surface area contributed by atoms with Crippen LogP contribution in [0.3, 0.4) is 0 Å². The molecule has 0 spiro atoms. The molecule has 0 radical (unpaired) electrons. The van der Waals surface area contributed by atoms with Gasteiger partial charge in [0.2, 0.25) is 0 Å². The third-order valence-electron chi connectivity index (χ3n) is 6.16. The molecule has 0 heterocycles. The summed E-state index contributed by atoms with van der Waals surface area (Å²) in [5.74, 6) is 0. The summed E-state index contributed by atoms with van der Waals surface area (Å²) in [6.45, 7) is 4.30. The third kappa shape index (κ3) is 6.07. The van der Waals surface area contributed by atoms with E-state index < -0.39 is 0 Å². The Morgan fingerprint density at radius 1 is 0.571 bits per heavy atom. The van der Waals surface area contributed by atoms with E-state index in [2.05, 4.69) is 160 Å². The molecule has 0 aliphatic carbocycles. The van der Waals surface area contributed by atoms with Gasteiger partial charge < -0.3 is 4.90 Å². The van der Waals surface area contributed by atoms with Gasteiger partial charge in [-0.2, -0.15) is 0 Å². The van der Waals surface area contributed by atoms with Gasteiger partial charge in [0.1, 0.15) is 0 Å². The highest BCUT2D eigenvalue weighted by atomic mass is 15.1. The Bertz CT molecular complexity index is 1410. The first-order valence-corrected chi connectivity index (χ1v) is 12.1. The lowest BCUT2D eigenvalue weighted by molar-refractivity contribution is 1.13. The van der Waals surface area contributed by atoms with E-state index in [9.17, 15) is 0 Å². The van der Waals surface area contributed by atoms with Crippen molar-refractivity contribution in [1.29, 1.82) is 0 Å². The van der Waals surface area contributed by atoms with Crippen LogP contribution in [0.5, 0.6) is 0 Å². The summed E-state index contributed by atoms with van der Waals surface area (Å²) in [5.41, 5.74) is 8.53. The molecule has 0 unspecified atom stereocenters. The monoisotopic (exact) mass is 455 g/mol. The van der Waals surface area contributed by atoms with Crippen LogP contribution in [0.15, 0.2) is 127 Å². The summed E-state index contributed by atoms with van der Waals surface area (Å²) in [4.78, 5) is 2.12. The number of hydrogen-bond donors (Lipinski definition) is 0. The first kappa shape index (κ1) is 24.0. The van der Waals surface area contributed by atoms with E-state index in [0.717, 1.165) is 0 Å². The zero-order valence-electron chi connectivity index (χ0n) is 21.1. The van der Waals surface area contributed by atoms with Crippen LogP contribution < -0.4 is 15.3 Å². The van der Waals surface area contributed by atoms with Crippen molar-refractivity contribution in [2.75, 3.05) is 19.0 Å². The maximum Gasteiger partial charge on any atom is 0.0361 e. The van der Waals surface area contributed by atoms with Gasteiger partial charge in [-0.25, -0.2) is 0 Å². The molecule has 4 aromatic rings. The summed E-state index contributed by atoms with van der Waals surface area (Å²) in [6, 6.07) is 38.8. The summed E-state index contributed by atoms with van der Waals surface area (Å²) in [6.07, 6.45) is 6.63. The van der Waals surface area contributed by atoms with Crippen molar-refractivity contribution < 1.29 is 0 Å². The lowest BCUT2D eigenvalue weighted by Crippen LogP contribution is -2.11. The van der Waals surface area contributed by atoms with Gasteiger partial charge in [-0.05, 0) is 64.3 Å². The highest BCUT2D eigenvalue weighted by Crippen LogP contribution is 2.26. The number of allylic oxidation sites excluding steroid dienone is 3. The minimum Gasteiger partial charge on any atom is -0.378 e. The number of hydrogen-bond acceptors (Lipinski definition) is 1. The zero-order valence-corrected chi connectivity index (χ0v) is 21.1. The van der Waals surface area contributed by atoms with Crippen LogP contribution >= 0.6 is 0 Å². The summed E-state index contributed by atoms with van der Waals surface area (Å²) >= 11 is 0. The highest BCUT2D eigenvalue weighted by molar-refractivity contribution is 5.82. The summed E-state index contributed by atoms with van der Waals surface area (Å²) < 4.78 is 0. The Kier molecular flexibility index (Phi) is 7.80. The topological polar surface area (TPSA) is 3.24 Å². The van der Waals surface area contributed by atoms with Gasteiger partial charge in [-0.3, -0.25) is 0 Å². The molecule has 0 fully saturated rings. The SMILES string of the molecule is CC(C)=c1ccc(=C(/C=C/C=C(\c2ccccc2)c2ccc(N(C)C)cc2)c2ccccc2)cc1. The van der Waals surface area contributed by atoms with Crippen LogP contribution in [0.4, 0.5) is 5.69 Å². The van der Waals surface area contributed by atoms with Crippen LogP contribution in [0.25, 0.3) is 16.7 Å². The van der Waals surface area contributed by atoms with Crippen molar-refractivity contribution in [2.24, 2.45) is 0 Å². The fourth-order valence-electron chi connectivity index (χ4n) is 4.12. The second-order valence-corrected chi connectivity index (χ2v) is 9.10. The lowest BCUT2D eigenvalue weighted by Gasteiger charge is -2.14. The van der Waals surface area contributed by atoms with Gasteiger partial charge in [-0.15, -0.1) is 0 Å². The predicted octanol–water partition coefficient (Wildman–Crippen LogP) is 6.83. The van der Waals surface area contributed by atoms with Gasteiger partial charge in [0, 0.05) is 19.8 Å². The van der Waals surface area contributed by atoms with E-state index in [1.807, 2.05) is 0 Å². The molecular formula is C34H33N. The maximum absolute atomic E-state index is 2.23. The van der Waals surface area contributed by atoms with Crippen molar-refractivity contribution in [3.63, 3.8) is 0 Å². The van der Waals surface area contributed by atoms with Gasteiger partial charge in [0.05, 0.1) is 0 Å². The van der Waals surface area contributed by atoms with Crippen LogP contribution in [-0.2, 0) is 0 Å². The van der Waals surface area contributed by atoms with Gasteiger partial charge >= 0.3 is 0 Å². The lowest BCUT2D eigenvalue weighted by atomic mass is 9.96. The molecule has 0 aliphatic heterocycles.